The molecule has 11 heavy (non-hydrogen) atoms. The summed E-state index contributed by atoms with van der Waals surface area (Å²) in [6.45, 7) is 0. The fourth-order valence-corrected chi connectivity index (χ4v) is 0.689. The van der Waals surface area contributed by atoms with Gasteiger partial charge in [0, 0.05) is 11.8 Å². The maximum Gasteiger partial charge on any atom is 0.129 e. The van der Waals surface area contributed by atoms with Crippen LogP contribution in [-0.2, 0) is 4.84 Å². The lowest BCUT2D eigenvalue weighted by molar-refractivity contribution is 0.215. The molecule has 0 N–H and O–H groups in total. The number of pyridine rings is 1. The maximum atomic E-state index is 5.56. The predicted octanol–water partition coefficient (Wildman–Crippen LogP) is 1.72. The van der Waals surface area contributed by atoms with Crippen molar-refractivity contribution in [1.29, 1.82) is 0 Å². The van der Waals surface area contributed by atoms with Gasteiger partial charge in [0.05, 0.1) is 6.21 Å². The first-order valence-corrected chi connectivity index (χ1v) is 3.39. The van der Waals surface area contributed by atoms with Gasteiger partial charge in [-0.3, -0.25) is 0 Å². The zero-order valence-electron chi connectivity index (χ0n) is 5.99. The van der Waals surface area contributed by atoms with E-state index in [9.17, 15) is 0 Å². The van der Waals surface area contributed by atoms with E-state index in [-0.39, 0.29) is 0 Å². The second-order valence-corrected chi connectivity index (χ2v) is 2.22. The Bertz CT molecular complexity index is 245. The molecule has 1 aromatic heterocycles. The summed E-state index contributed by atoms with van der Waals surface area (Å²) in [6, 6.07) is 3.50. The van der Waals surface area contributed by atoms with E-state index >= 15 is 0 Å². The van der Waals surface area contributed by atoms with E-state index in [1.165, 1.54) is 7.11 Å². The molecule has 0 aromatic carbocycles. The Labute approximate surface area is 69.6 Å². The van der Waals surface area contributed by atoms with E-state index < -0.39 is 0 Å². The normalized spacial score (nSPS) is 10.4. The summed E-state index contributed by atoms with van der Waals surface area (Å²) in [5.41, 5.74) is 0.858. The Morgan fingerprint density at radius 1 is 1.64 bits per heavy atom. The van der Waals surface area contributed by atoms with Crippen molar-refractivity contribution in [3.8, 4) is 0 Å². The third-order valence-electron chi connectivity index (χ3n) is 1.06. The largest absolute Gasteiger partial charge is 0.399 e. The van der Waals surface area contributed by atoms with E-state index in [2.05, 4.69) is 15.0 Å². The van der Waals surface area contributed by atoms with E-state index in [0.717, 1.165) is 5.56 Å². The van der Waals surface area contributed by atoms with Gasteiger partial charge in [-0.2, -0.15) is 0 Å². The molecule has 0 amide bonds. The summed E-state index contributed by atoms with van der Waals surface area (Å²) in [5, 5.41) is 4.04. The average Bonchev–Trinajstić information content (AvgIpc) is 2.04. The van der Waals surface area contributed by atoms with Crippen molar-refractivity contribution in [2.75, 3.05) is 7.11 Å². The fourth-order valence-electron chi connectivity index (χ4n) is 0.577. The molecule has 58 valence electrons. The van der Waals surface area contributed by atoms with Crippen LogP contribution in [0, 0.1) is 0 Å². The quantitative estimate of drug-likeness (QED) is 0.385. The van der Waals surface area contributed by atoms with Gasteiger partial charge in [0.25, 0.3) is 0 Å². The van der Waals surface area contributed by atoms with Crippen LogP contribution in [0.15, 0.2) is 23.5 Å². The van der Waals surface area contributed by atoms with E-state index in [1.807, 2.05) is 0 Å². The lowest BCUT2D eigenvalue weighted by Gasteiger charge is -1.90. The van der Waals surface area contributed by atoms with Crippen molar-refractivity contribution in [1.82, 2.24) is 4.98 Å². The number of hydrogen-bond acceptors (Lipinski definition) is 3. The highest BCUT2D eigenvalue weighted by molar-refractivity contribution is 6.29. The summed E-state index contributed by atoms with van der Waals surface area (Å²) >= 11 is 5.56. The van der Waals surface area contributed by atoms with Crippen molar-refractivity contribution in [3.05, 3.63) is 29.0 Å². The van der Waals surface area contributed by atoms with Gasteiger partial charge in [-0.05, 0) is 12.1 Å². The average molecular weight is 171 g/mol. The van der Waals surface area contributed by atoms with Gasteiger partial charge in [0.1, 0.15) is 12.3 Å². The summed E-state index contributed by atoms with van der Waals surface area (Å²) in [6.07, 6.45) is 3.17. The molecule has 0 atom stereocenters. The molecule has 0 fully saturated rings. The molecular formula is C7H7ClN2O. The predicted molar refractivity (Wildman–Crippen MR) is 43.9 cm³/mol. The number of aromatic nitrogens is 1. The molecule has 0 bridgehead atoms. The third-order valence-corrected chi connectivity index (χ3v) is 1.28. The Kier molecular flexibility index (Phi) is 2.86. The molecule has 3 nitrogen and oxygen atoms in total. The zero-order valence-corrected chi connectivity index (χ0v) is 6.75. The van der Waals surface area contributed by atoms with Gasteiger partial charge in [0.15, 0.2) is 0 Å². The van der Waals surface area contributed by atoms with Crippen molar-refractivity contribution < 1.29 is 4.84 Å². The minimum atomic E-state index is 0.472. The Balaban J connectivity index is 2.73. The highest BCUT2D eigenvalue weighted by Gasteiger charge is 1.88. The van der Waals surface area contributed by atoms with Gasteiger partial charge in [-0.1, -0.05) is 16.8 Å². The number of nitrogens with zero attached hydrogens (tertiary/aromatic N) is 2. The van der Waals surface area contributed by atoms with Crippen LogP contribution in [0.1, 0.15) is 5.56 Å². The third kappa shape index (κ3) is 2.55. The molecule has 0 aliphatic heterocycles. The molecule has 0 aliphatic carbocycles. The zero-order chi connectivity index (χ0) is 8.10. The summed E-state index contributed by atoms with van der Waals surface area (Å²) < 4.78 is 0. The standard InChI is InChI=1S/C7H7ClN2O/c1-11-10-5-6-2-3-7(8)9-4-6/h2-5H,1H3/b10-5+. The number of oxime groups is 1. The summed E-state index contributed by atoms with van der Waals surface area (Å²) in [4.78, 5) is 8.34. The summed E-state index contributed by atoms with van der Waals surface area (Å²) in [7, 11) is 1.49. The molecule has 0 unspecified atom stereocenters. The maximum absolute atomic E-state index is 5.56. The van der Waals surface area contributed by atoms with Gasteiger partial charge in [0.2, 0.25) is 0 Å². The fraction of sp³-hybridized carbons (Fsp3) is 0.143. The van der Waals surface area contributed by atoms with Gasteiger partial charge < -0.3 is 4.84 Å². The highest BCUT2D eigenvalue weighted by atomic mass is 35.5. The van der Waals surface area contributed by atoms with Gasteiger partial charge >= 0.3 is 0 Å². The minimum absolute atomic E-state index is 0.472. The number of hydrogen-bond donors (Lipinski definition) is 0. The van der Waals surface area contributed by atoms with E-state index in [0.29, 0.717) is 5.15 Å². The van der Waals surface area contributed by atoms with Crippen LogP contribution in [0.25, 0.3) is 0 Å². The molecule has 0 spiro atoms. The van der Waals surface area contributed by atoms with E-state index in [1.54, 1.807) is 24.5 Å². The first-order valence-electron chi connectivity index (χ1n) is 3.01. The first kappa shape index (κ1) is 8.01. The minimum Gasteiger partial charge on any atom is -0.399 e. The molecule has 1 aromatic rings. The second-order valence-electron chi connectivity index (χ2n) is 1.83. The van der Waals surface area contributed by atoms with Crippen LogP contribution in [0.5, 0.6) is 0 Å². The second kappa shape index (κ2) is 3.93. The van der Waals surface area contributed by atoms with Crippen LogP contribution >= 0.6 is 11.6 Å². The highest BCUT2D eigenvalue weighted by Crippen LogP contribution is 2.02. The Morgan fingerprint density at radius 3 is 3.00 bits per heavy atom. The molecule has 0 aliphatic rings. The van der Waals surface area contributed by atoms with Crippen LogP contribution in [-0.4, -0.2) is 18.3 Å². The van der Waals surface area contributed by atoms with Crippen molar-refractivity contribution in [2.45, 2.75) is 0 Å². The van der Waals surface area contributed by atoms with Crippen molar-refractivity contribution in [3.63, 3.8) is 0 Å². The van der Waals surface area contributed by atoms with Crippen molar-refractivity contribution >= 4 is 17.8 Å². The van der Waals surface area contributed by atoms with Gasteiger partial charge in [-0.15, -0.1) is 0 Å². The van der Waals surface area contributed by atoms with E-state index in [4.69, 9.17) is 11.6 Å². The Morgan fingerprint density at radius 2 is 2.45 bits per heavy atom. The van der Waals surface area contributed by atoms with Crippen LogP contribution in [0.4, 0.5) is 0 Å². The monoisotopic (exact) mass is 170 g/mol. The van der Waals surface area contributed by atoms with Crippen molar-refractivity contribution in [2.24, 2.45) is 5.16 Å². The molecule has 0 radical (unpaired) electrons. The molecule has 1 rings (SSSR count). The number of rotatable bonds is 2. The van der Waals surface area contributed by atoms with Gasteiger partial charge in [-0.25, -0.2) is 4.98 Å². The number of halogens is 1. The first-order chi connectivity index (χ1) is 5.33. The molecule has 1 heterocycles. The SMILES string of the molecule is CO/N=C/c1ccc(Cl)nc1. The molecular weight excluding hydrogens is 164 g/mol. The molecule has 0 saturated heterocycles. The molecule has 4 heteroatoms. The Hall–Kier alpha value is -1.09. The lowest BCUT2D eigenvalue weighted by Crippen LogP contribution is -1.83. The van der Waals surface area contributed by atoms with Crippen LogP contribution in [0.3, 0.4) is 0 Å². The topological polar surface area (TPSA) is 34.5 Å². The summed E-state index contributed by atoms with van der Waals surface area (Å²) in [5.74, 6) is 0. The van der Waals surface area contributed by atoms with Crippen LogP contribution in [0.2, 0.25) is 5.15 Å². The molecule has 0 saturated carbocycles. The van der Waals surface area contributed by atoms with Crippen LogP contribution < -0.4 is 0 Å². The smallest absolute Gasteiger partial charge is 0.129 e. The lowest BCUT2D eigenvalue weighted by atomic mass is 10.3.